The van der Waals surface area contributed by atoms with E-state index in [4.69, 9.17) is 18.0 Å². The molecule has 98 valence electrons. The molecule has 0 unspecified atom stereocenters. The molecule has 3 N–H and O–H groups in total. The lowest BCUT2D eigenvalue weighted by molar-refractivity contribution is 0.628. The summed E-state index contributed by atoms with van der Waals surface area (Å²) in [6, 6.07) is 3.99. The van der Waals surface area contributed by atoms with Crippen LogP contribution < -0.4 is 11.3 Å². The van der Waals surface area contributed by atoms with Crippen molar-refractivity contribution in [2.45, 2.75) is 6.54 Å². The van der Waals surface area contributed by atoms with E-state index in [2.05, 4.69) is 10.2 Å². The third kappa shape index (κ3) is 1.68. The normalized spacial score (nSPS) is 11.5. The Bertz CT molecular complexity index is 894. The highest BCUT2D eigenvalue weighted by Crippen LogP contribution is 2.14. The average molecular weight is 279 g/mol. The number of aromatic amines is 1. The number of nitrogens with zero attached hydrogens (tertiary/aromatic N) is 3. The third-order valence-corrected chi connectivity index (χ3v) is 3.20. The number of hydrogen-bond donors (Lipinski definition) is 2. The first-order chi connectivity index (χ1) is 9.13. The summed E-state index contributed by atoms with van der Waals surface area (Å²) in [4.78, 5) is 12.3. The summed E-state index contributed by atoms with van der Waals surface area (Å²) in [7, 11) is 0. The second-order valence-electron chi connectivity index (χ2n) is 4.07. The largest absolute Gasteiger partial charge is 0.329 e. The van der Waals surface area contributed by atoms with E-state index in [1.54, 1.807) is 4.40 Å². The van der Waals surface area contributed by atoms with Crippen LogP contribution in [0.5, 0.6) is 0 Å². The zero-order valence-electron chi connectivity index (χ0n) is 9.76. The molecule has 2 aromatic heterocycles. The van der Waals surface area contributed by atoms with E-state index in [0.29, 0.717) is 16.1 Å². The molecular formula is C11H10FN5OS. The van der Waals surface area contributed by atoms with Gasteiger partial charge in [0.2, 0.25) is 10.5 Å². The van der Waals surface area contributed by atoms with Crippen LogP contribution in [0.1, 0.15) is 0 Å². The standard InChI is InChI=1S/C11H10FN5OS/c12-6-1-2-8-7(5-6)9(18)16(4-3-13)10-14-15-11(19)17(8)10/h1-2,5H,3-4,13H2,(H,15,19). The van der Waals surface area contributed by atoms with Crippen molar-refractivity contribution in [3.8, 4) is 0 Å². The predicted molar refractivity (Wildman–Crippen MR) is 71.2 cm³/mol. The number of fused-ring (bicyclic) bond motifs is 3. The Morgan fingerprint density at radius 1 is 1.47 bits per heavy atom. The van der Waals surface area contributed by atoms with E-state index >= 15 is 0 Å². The van der Waals surface area contributed by atoms with Crippen LogP contribution in [0.25, 0.3) is 16.7 Å². The molecule has 1 aromatic carbocycles. The fraction of sp³-hybridized carbons (Fsp3) is 0.182. The molecule has 2 heterocycles. The Morgan fingerprint density at radius 3 is 3.00 bits per heavy atom. The fourth-order valence-corrected chi connectivity index (χ4v) is 2.35. The smallest absolute Gasteiger partial charge is 0.262 e. The first kappa shape index (κ1) is 12.0. The quantitative estimate of drug-likeness (QED) is 0.680. The first-order valence-corrected chi connectivity index (χ1v) is 6.03. The van der Waals surface area contributed by atoms with E-state index in [-0.39, 0.29) is 24.0 Å². The van der Waals surface area contributed by atoms with Gasteiger partial charge < -0.3 is 5.73 Å². The van der Waals surface area contributed by atoms with E-state index in [1.165, 1.54) is 22.8 Å². The molecule has 0 saturated heterocycles. The predicted octanol–water partition coefficient (Wildman–Crippen LogP) is 0.805. The van der Waals surface area contributed by atoms with Crippen LogP contribution in [0, 0.1) is 10.6 Å². The average Bonchev–Trinajstić information content (AvgIpc) is 2.77. The number of halogens is 1. The van der Waals surface area contributed by atoms with Gasteiger partial charge in [-0.1, -0.05) is 0 Å². The lowest BCUT2D eigenvalue weighted by atomic mass is 10.2. The molecule has 0 bridgehead atoms. The molecule has 0 radical (unpaired) electrons. The minimum atomic E-state index is -0.474. The summed E-state index contributed by atoms with van der Waals surface area (Å²) in [5, 5.41) is 6.91. The molecule has 0 atom stereocenters. The number of benzene rings is 1. The molecule has 3 rings (SSSR count). The van der Waals surface area contributed by atoms with Crippen molar-refractivity contribution < 1.29 is 4.39 Å². The van der Waals surface area contributed by atoms with E-state index < -0.39 is 5.82 Å². The zero-order chi connectivity index (χ0) is 13.6. The fourth-order valence-electron chi connectivity index (χ4n) is 2.13. The zero-order valence-corrected chi connectivity index (χ0v) is 10.6. The van der Waals surface area contributed by atoms with Gasteiger partial charge in [-0.3, -0.25) is 13.8 Å². The van der Waals surface area contributed by atoms with Crippen molar-refractivity contribution in [2.24, 2.45) is 5.73 Å². The van der Waals surface area contributed by atoms with Crippen molar-refractivity contribution in [3.05, 3.63) is 39.1 Å². The van der Waals surface area contributed by atoms with Gasteiger partial charge in [0.05, 0.1) is 10.9 Å². The molecule has 0 aliphatic heterocycles. The minimum absolute atomic E-state index is 0.249. The summed E-state index contributed by atoms with van der Waals surface area (Å²) in [5.74, 6) is -0.0992. The Kier molecular flexibility index (Phi) is 2.68. The van der Waals surface area contributed by atoms with Gasteiger partial charge >= 0.3 is 0 Å². The summed E-state index contributed by atoms with van der Waals surface area (Å²) in [6.45, 7) is 0.560. The number of hydrogen-bond acceptors (Lipinski definition) is 4. The third-order valence-electron chi connectivity index (χ3n) is 2.92. The van der Waals surface area contributed by atoms with Crippen LogP contribution in [0.2, 0.25) is 0 Å². The van der Waals surface area contributed by atoms with Crippen LogP contribution in [-0.4, -0.2) is 25.7 Å². The van der Waals surface area contributed by atoms with Crippen LogP contribution >= 0.6 is 12.2 Å². The molecule has 19 heavy (non-hydrogen) atoms. The van der Waals surface area contributed by atoms with Crippen molar-refractivity contribution in [3.63, 3.8) is 0 Å². The number of rotatable bonds is 2. The van der Waals surface area contributed by atoms with Crippen LogP contribution in [0.3, 0.4) is 0 Å². The van der Waals surface area contributed by atoms with Gasteiger partial charge in [-0.25, -0.2) is 9.49 Å². The number of nitrogens with two attached hydrogens (primary N) is 1. The van der Waals surface area contributed by atoms with E-state index in [0.717, 1.165) is 0 Å². The molecule has 0 saturated carbocycles. The second-order valence-corrected chi connectivity index (χ2v) is 4.46. The maximum Gasteiger partial charge on any atom is 0.262 e. The van der Waals surface area contributed by atoms with Gasteiger partial charge in [0, 0.05) is 13.1 Å². The Morgan fingerprint density at radius 2 is 2.26 bits per heavy atom. The van der Waals surface area contributed by atoms with Crippen molar-refractivity contribution >= 4 is 28.9 Å². The molecule has 3 aromatic rings. The highest BCUT2D eigenvalue weighted by Gasteiger charge is 2.13. The van der Waals surface area contributed by atoms with E-state index in [9.17, 15) is 9.18 Å². The molecule has 0 fully saturated rings. The minimum Gasteiger partial charge on any atom is -0.329 e. The van der Waals surface area contributed by atoms with Crippen LogP contribution in [-0.2, 0) is 6.54 Å². The highest BCUT2D eigenvalue weighted by molar-refractivity contribution is 7.71. The first-order valence-electron chi connectivity index (χ1n) is 5.62. The molecule has 0 amide bonds. The number of H-pyrrole nitrogens is 1. The maximum atomic E-state index is 13.3. The Balaban J connectivity index is 2.63. The monoisotopic (exact) mass is 279 g/mol. The van der Waals surface area contributed by atoms with E-state index in [1.807, 2.05) is 0 Å². The Labute approximate surface area is 111 Å². The Hall–Kier alpha value is -2.06. The maximum absolute atomic E-state index is 13.3. The highest BCUT2D eigenvalue weighted by atomic mass is 32.1. The molecule has 0 aliphatic rings. The van der Waals surface area contributed by atoms with Gasteiger partial charge in [-0.15, -0.1) is 5.10 Å². The summed E-state index contributed by atoms with van der Waals surface area (Å²) in [6.07, 6.45) is 0. The summed E-state index contributed by atoms with van der Waals surface area (Å²) >= 11 is 5.14. The van der Waals surface area contributed by atoms with Crippen LogP contribution in [0.4, 0.5) is 4.39 Å². The molecule has 0 aliphatic carbocycles. The lowest BCUT2D eigenvalue weighted by Crippen LogP contribution is -2.26. The second kappa shape index (κ2) is 4.25. The SMILES string of the molecule is NCCn1c(=O)c2cc(F)ccc2n2c(=S)[nH]nc12. The molecule has 0 spiro atoms. The summed E-state index contributed by atoms with van der Waals surface area (Å²) in [5.41, 5.74) is 5.68. The topological polar surface area (TPSA) is 81.1 Å². The molecule has 8 heteroatoms. The lowest BCUT2D eigenvalue weighted by Gasteiger charge is -2.08. The van der Waals surface area contributed by atoms with Gasteiger partial charge in [0.25, 0.3) is 5.56 Å². The number of nitrogens with one attached hydrogen (secondary N) is 1. The van der Waals surface area contributed by atoms with Gasteiger partial charge in [-0.05, 0) is 30.4 Å². The van der Waals surface area contributed by atoms with Gasteiger partial charge in [0.1, 0.15) is 5.82 Å². The molecular weight excluding hydrogens is 269 g/mol. The van der Waals surface area contributed by atoms with Gasteiger partial charge in [0.15, 0.2) is 0 Å². The van der Waals surface area contributed by atoms with Crippen LogP contribution in [0.15, 0.2) is 23.0 Å². The van der Waals surface area contributed by atoms with Crippen molar-refractivity contribution in [1.29, 1.82) is 0 Å². The van der Waals surface area contributed by atoms with Crippen molar-refractivity contribution in [1.82, 2.24) is 19.2 Å². The van der Waals surface area contributed by atoms with Crippen molar-refractivity contribution in [2.75, 3.05) is 6.54 Å². The summed E-state index contributed by atoms with van der Waals surface area (Å²) < 4.78 is 16.7. The van der Waals surface area contributed by atoms with Gasteiger partial charge in [-0.2, -0.15) is 0 Å². The number of aromatic nitrogens is 4. The molecule has 6 nitrogen and oxygen atoms in total.